The molecule has 1 aliphatic heterocycles. The summed E-state index contributed by atoms with van der Waals surface area (Å²) in [5.74, 6) is 0.602. The molecule has 0 aromatic heterocycles. The molecule has 0 saturated carbocycles. The highest BCUT2D eigenvalue weighted by molar-refractivity contribution is 5.66. The summed E-state index contributed by atoms with van der Waals surface area (Å²) in [6, 6.07) is 10.7. The Morgan fingerprint density at radius 1 is 1.37 bits per heavy atom. The Morgan fingerprint density at radius 2 is 2.11 bits per heavy atom. The van der Waals surface area contributed by atoms with Gasteiger partial charge in [-0.2, -0.15) is 0 Å². The lowest BCUT2D eigenvalue weighted by Gasteiger charge is -2.37. The van der Waals surface area contributed by atoms with Gasteiger partial charge in [0.05, 0.1) is 0 Å². The van der Waals surface area contributed by atoms with Crippen LogP contribution in [0.4, 0.5) is 0 Å². The molecule has 2 rings (SSSR count). The number of likely N-dealkylation sites (tertiary alicyclic amines) is 1. The maximum Gasteiger partial charge on any atom is 0.303 e. The molecule has 0 unspecified atom stereocenters. The molecule has 0 aliphatic carbocycles. The molecule has 1 saturated heterocycles. The van der Waals surface area contributed by atoms with Gasteiger partial charge in [-0.15, -0.1) is 0 Å². The van der Waals surface area contributed by atoms with E-state index in [2.05, 4.69) is 42.2 Å². The molecule has 2 atom stereocenters. The Labute approximate surface area is 115 Å². The molecule has 1 fully saturated rings. The van der Waals surface area contributed by atoms with Crippen LogP contribution in [-0.4, -0.2) is 35.6 Å². The van der Waals surface area contributed by atoms with Crippen molar-refractivity contribution in [3.63, 3.8) is 0 Å². The van der Waals surface area contributed by atoms with Crippen LogP contribution in [0.15, 0.2) is 30.3 Å². The Bertz CT molecular complexity index is 404. The van der Waals surface area contributed by atoms with Crippen LogP contribution in [0.2, 0.25) is 0 Å². The molecule has 1 aliphatic rings. The summed E-state index contributed by atoms with van der Waals surface area (Å²) < 4.78 is 0. The number of aliphatic carboxylic acids is 1. The van der Waals surface area contributed by atoms with Crippen LogP contribution < -0.4 is 0 Å². The van der Waals surface area contributed by atoms with Gasteiger partial charge in [-0.25, -0.2) is 0 Å². The first-order valence-corrected chi connectivity index (χ1v) is 7.16. The fraction of sp³-hybridized carbons (Fsp3) is 0.562. The van der Waals surface area contributed by atoms with E-state index in [0.29, 0.717) is 11.8 Å². The highest BCUT2D eigenvalue weighted by atomic mass is 16.4. The maximum atomic E-state index is 10.5. The van der Waals surface area contributed by atoms with Crippen molar-refractivity contribution in [1.82, 2.24) is 4.90 Å². The molecule has 104 valence electrons. The molecule has 19 heavy (non-hydrogen) atoms. The minimum atomic E-state index is -0.688. The second-order valence-corrected chi connectivity index (χ2v) is 5.58. The topological polar surface area (TPSA) is 40.5 Å². The van der Waals surface area contributed by atoms with Gasteiger partial charge in [0.1, 0.15) is 0 Å². The van der Waals surface area contributed by atoms with E-state index in [1.165, 1.54) is 12.0 Å². The second-order valence-electron chi connectivity index (χ2n) is 5.58. The predicted octanol–water partition coefficient (Wildman–Crippen LogP) is 2.98. The van der Waals surface area contributed by atoms with Gasteiger partial charge in [0.25, 0.3) is 0 Å². The number of rotatable bonds is 5. The smallest absolute Gasteiger partial charge is 0.303 e. The molecule has 0 radical (unpaired) electrons. The lowest BCUT2D eigenvalue weighted by Crippen LogP contribution is -2.39. The third-order valence-electron chi connectivity index (χ3n) is 4.08. The van der Waals surface area contributed by atoms with Crippen LogP contribution in [-0.2, 0) is 4.79 Å². The molecule has 3 nitrogen and oxygen atoms in total. The number of benzene rings is 1. The first kappa shape index (κ1) is 14.1. The molecule has 1 N–H and O–H groups in total. The molecular formula is C16H23NO2. The number of carboxylic acid groups (broad SMARTS) is 1. The van der Waals surface area contributed by atoms with E-state index in [0.717, 1.165) is 26.1 Å². The van der Waals surface area contributed by atoms with Crippen LogP contribution in [0.3, 0.4) is 0 Å². The van der Waals surface area contributed by atoms with Crippen LogP contribution >= 0.6 is 0 Å². The summed E-state index contributed by atoms with van der Waals surface area (Å²) in [6.45, 7) is 5.39. The van der Waals surface area contributed by atoms with Gasteiger partial charge in [-0.3, -0.25) is 4.79 Å². The van der Waals surface area contributed by atoms with Gasteiger partial charge in [0.2, 0.25) is 0 Å². The minimum absolute atomic E-state index is 0.285. The van der Waals surface area contributed by atoms with Crippen molar-refractivity contribution < 1.29 is 9.90 Å². The normalized spacial score (nSPS) is 24.3. The van der Waals surface area contributed by atoms with Gasteiger partial charge in [0, 0.05) is 13.0 Å². The van der Waals surface area contributed by atoms with Crippen LogP contribution in [0.1, 0.15) is 37.7 Å². The molecule has 1 heterocycles. The number of hydrogen-bond donors (Lipinski definition) is 1. The van der Waals surface area contributed by atoms with E-state index >= 15 is 0 Å². The SMILES string of the molecule is C[C@@H]1CN(CCCC(=O)O)CC[C@H]1c1ccccc1. The van der Waals surface area contributed by atoms with E-state index in [9.17, 15) is 4.79 Å². The fourth-order valence-electron chi connectivity index (χ4n) is 3.08. The van der Waals surface area contributed by atoms with E-state index < -0.39 is 5.97 Å². The monoisotopic (exact) mass is 261 g/mol. The van der Waals surface area contributed by atoms with E-state index in [1.54, 1.807) is 0 Å². The van der Waals surface area contributed by atoms with Gasteiger partial charge >= 0.3 is 5.97 Å². The lowest BCUT2D eigenvalue weighted by atomic mass is 9.81. The quantitative estimate of drug-likeness (QED) is 0.886. The van der Waals surface area contributed by atoms with Crippen molar-refractivity contribution in [3.05, 3.63) is 35.9 Å². The van der Waals surface area contributed by atoms with E-state index in [-0.39, 0.29) is 6.42 Å². The van der Waals surface area contributed by atoms with Gasteiger partial charge in [-0.05, 0) is 43.3 Å². The first-order valence-electron chi connectivity index (χ1n) is 7.16. The zero-order valence-corrected chi connectivity index (χ0v) is 11.6. The first-order chi connectivity index (χ1) is 9.16. The van der Waals surface area contributed by atoms with Crippen molar-refractivity contribution in [2.24, 2.45) is 5.92 Å². The molecule has 0 spiro atoms. The minimum Gasteiger partial charge on any atom is -0.481 e. The van der Waals surface area contributed by atoms with Crippen molar-refractivity contribution in [3.8, 4) is 0 Å². The molecule has 1 aromatic carbocycles. The summed E-state index contributed by atoms with van der Waals surface area (Å²) in [5.41, 5.74) is 1.44. The van der Waals surface area contributed by atoms with Crippen LogP contribution in [0.25, 0.3) is 0 Å². The van der Waals surface area contributed by atoms with Gasteiger partial charge in [0.15, 0.2) is 0 Å². The lowest BCUT2D eigenvalue weighted by molar-refractivity contribution is -0.137. The predicted molar refractivity (Wildman–Crippen MR) is 76.3 cm³/mol. The molecule has 1 aromatic rings. The number of hydrogen-bond acceptors (Lipinski definition) is 2. The number of carbonyl (C=O) groups is 1. The standard InChI is InChI=1S/C16H23NO2/c1-13-12-17(10-5-8-16(18)19)11-9-15(13)14-6-3-2-4-7-14/h2-4,6-7,13,15H,5,8-12H2,1H3,(H,18,19)/t13-,15-/m1/s1. The van der Waals surface area contributed by atoms with Crippen LogP contribution in [0.5, 0.6) is 0 Å². The van der Waals surface area contributed by atoms with Crippen molar-refractivity contribution >= 4 is 5.97 Å². The summed E-state index contributed by atoms with van der Waals surface area (Å²) in [6.07, 6.45) is 2.23. The number of carboxylic acids is 1. The number of piperidine rings is 1. The Hall–Kier alpha value is -1.35. The van der Waals surface area contributed by atoms with Crippen molar-refractivity contribution in [1.29, 1.82) is 0 Å². The summed E-state index contributed by atoms with van der Waals surface area (Å²) >= 11 is 0. The van der Waals surface area contributed by atoms with Crippen molar-refractivity contribution in [2.75, 3.05) is 19.6 Å². The zero-order valence-electron chi connectivity index (χ0n) is 11.6. The average molecular weight is 261 g/mol. The highest BCUT2D eigenvalue weighted by Crippen LogP contribution is 2.32. The van der Waals surface area contributed by atoms with Crippen LogP contribution in [0, 0.1) is 5.92 Å². The molecular weight excluding hydrogens is 238 g/mol. The number of nitrogens with zero attached hydrogens (tertiary/aromatic N) is 1. The zero-order chi connectivity index (χ0) is 13.7. The average Bonchev–Trinajstić information content (AvgIpc) is 2.39. The second kappa shape index (κ2) is 6.71. The summed E-state index contributed by atoms with van der Waals surface area (Å²) in [5, 5.41) is 8.67. The van der Waals surface area contributed by atoms with Gasteiger partial charge in [-0.1, -0.05) is 37.3 Å². The largest absolute Gasteiger partial charge is 0.481 e. The summed E-state index contributed by atoms with van der Waals surface area (Å²) in [7, 11) is 0. The Kier molecular flexibility index (Phi) is 4.97. The maximum absolute atomic E-state index is 10.5. The molecule has 0 bridgehead atoms. The Morgan fingerprint density at radius 3 is 2.74 bits per heavy atom. The molecule has 0 amide bonds. The molecule has 3 heteroatoms. The summed E-state index contributed by atoms with van der Waals surface area (Å²) in [4.78, 5) is 12.9. The van der Waals surface area contributed by atoms with Gasteiger partial charge < -0.3 is 10.0 Å². The fourth-order valence-corrected chi connectivity index (χ4v) is 3.08. The van der Waals surface area contributed by atoms with E-state index in [4.69, 9.17) is 5.11 Å². The van der Waals surface area contributed by atoms with E-state index in [1.807, 2.05) is 0 Å². The third-order valence-corrected chi connectivity index (χ3v) is 4.08. The third kappa shape index (κ3) is 4.06. The van der Waals surface area contributed by atoms with Crippen molar-refractivity contribution in [2.45, 2.75) is 32.1 Å². The Balaban J connectivity index is 1.83. The highest BCUT2D eigenvalue weighted by Gasteiger charge is 2.26.